The molecule has 0 N–H and O–H groups in total. The van der Waals surface area contributed by atoms with Crippen molar-refractivity contribution < 1.29 is 18.9 Å². The second kappa shape index (κ2) is 7.57. The molecule has 2 aromatic rings. The van der Waals surface area contributed by atoms with E-state index in [2.05, 4.69) is 0 Å². The van der Waals surface area contributed by atoms with Crippen LogP contribution in [0.1, 0.15) is 44.6 Å². The fourth-order valence-electron chi connectivity index (χ4n) is 4.52. The summed E-state index contributed by atoms with van der Waals surface area (Å²) in [6.07, 6.45) is 0.573. The van der Waals surface area contributed by atoms with E-state index in [0.717, 1.165) is 0 Å². The van der Waals surface area contributed by atoms with Crippen molar-refractivity contribution in [3.05, 3.63) is 80.3 Å². The molecule has 1 heterocycles. The Hall–Kier alpha value is -3.06. The molecule has 4 rings (SSSR count). The summed E-state index contributed by atoms with van der Waals surface area (Å²) in [5, 5.41) is 11.3. The fourth-order valence-corrected chi connectivity index (χ4v) is 4.70. The zero-order valence-electron chi connectivity index (χ0n) is 17.0. The fraction of sp³-hybridized carbons (Fsp3) is 0.304. The summed E-state index contributed by atoms with van der Waals surface area (Å²) in [5.41, 5.74) is 0.712. The number of nitro groups is 1. The number of benzene rings is 2. The van der Waals surface area contributed by atoms with Crippen LogP contribution in [0, 0.1) is 21.3 Å². The van der Waals surface area contributed by atoms with Gasteiger partial charge >= 0.3 is 0 Å². The first-order chi connectivity index (χ1) is 14.6. The zero-order valence-corrected chi connectivity index (χ0v) is 17.8. The van der Waals surface area contributed by atoms with Gasteiger partial charge in [0.1, 0.15) is 10.8 Å². The standard InChI is InChI=1S/C23H20ClFN2O4/c1-23(2)11-19-22(20(28)12-23)15(14-5-3-4-6-17(14)25)10-21(29)26(19)13-7-8-16(24)18(9-13)27(30)31/h3-9,15H,10-12H2,1-2H3. The summed E-state index contributed by atoms with van der Waals surface area (Å²) >= 11 is 5.94. The molecule has 8 heteroatoms. The first-order valence-electron chi connectivity index (χ1n) is 9.86. The van der Waals surface area contributed by atoms with E-state index in [4.69, 9.17) is 11.6 Å². The van der Waals surface area contributed by atoms with Gasteiger partial charge in [-0.1, -0.05) is 43.6 Å². The third kappa shape index (κ3) is 3.74. The normalized spacial score (nSPS) is 20.6. The van der Waals surface area contributed by atoms with Crippen LogP contribution in [-0.2, 0) is 9.59 Å². The Bertz CT molecular complexity index is 1160. The number of nitrogens with zero attached hydrogens (tertiary/aromatic N) is 2. The van der Waals surface area contributed by atoms with E-state index < -0.39 is 22.1 Å². The molecule has 1 amide bonds. The van der Waals surface area contributed by atoms with Crippen molar-refractivity contribution in [3.63, 3.8) is 0 Å². The number of carbonyl (C=O) groups excluding carboxylic acids is 2. The maximum Gasteiger partial charge on any atom is 0.289 e. The second-order valence-corrected chi connectivity index (χ2v) is 9.11. The van der Waals surface area contributed by atoms with E-state index in [9.17, 15) is 24.1 Å². The Morgan fingerprint density at radius 1 is 1.16 bits per heavy atom. The van der Waals surface area contributed by atoms with Gasteiger partial charge in [0, 0.05) is 36.1 Å². The summed E-state index contributed by atoms with van der Waals surface area (Å²) < 4.78 is 14.6. The van der Waals surface area contributed by atoms with E-state index in [-0.39, 0.29) is 40.9 Å². The number of carbonyl (C=O) groups is 2. The molecule has 31 heavy (non-hydrogen) atoms. The molecule has 0 saturated heterocycles. The van der Waals surface area contributed by atoms with E-state index in [1.54, 1.807) is 18.2 Å². The molecular formula is C23H20ClFN2O4. The number of ketones is 1. The topological polar surface area (TPSA) is 80.5 Å². The van der Waals surface area contributed by atoms with Gasteiger partial charge < -0.3 is 0 Å². The Balaban J connectivity index is 1.93. The SMILES string of the molecule is CC1(C)CC(=O)C2=C(C1)N(c1ccc(Cl)c([N+](=O)[O-])c1)C(=O)CC2c1ccccc1F. The minimum Gasteiger partial charge on any atom is -0.294 e. The molecule has 1 unspecified atom stereocenters. The number of nitro benzene ring substituents is 1. The highest BCUT2D eigenvalue weighted by atomic mass is 35.5. The lowest BCUT2D eigenvalue weighted by Crippen LogP contribution is -2.43. The first-order valence-corrected chi connectivity index (χ1v) is 10.2. The molecule has 0 aromatic heterocycles. The van der Waals surface area contributed by atoms with Crippen LogP contribution in [0.25, 0.3) is 0 Å². The van der Waals surface area contributed by atoms with E-state index in [1.807, 2.05) is 13.8 Å². The first kappa shape index (κ1) is 21.2. The molecule has 2 aromatic carbocycles. The number of amides is 1. The van der Waals surface area contributed by atoms with Gasteiger partial charge in [-0.25, -0.2) is 4.39 Å². The van der Waals surface area contributed by atoms with E-state index in [0.29, 0.717) is 23.3 Å². The third-order valence-corrected chi connectivity index (χ3v) is 6.13. The molecule has 0 fully saturated rings. The van der Waals surface area contributed by atoms with Crippen molar-refractivity contribution in [2.24, 2.45) is 5.41 Å². The summed E-state index contributed by atoms with van der Waals surface area (Å²) in [7, 11) is 0. The molecule has 1 aliphatic carbocycles. The highest BCUT2D eigenvalue weighted by molar-refractivity contribution is 6.32. The summed E-state index contributed by atoms with van der Waals surface area (Å²) in [6.45, 7) is 3.85. The number of hydrogen-bond acceptors (Lipinski definition) is 4. The van der Waals surface area contributed by atoms with Gasteiger partial charge in [0.25, 0.3) is 5.69 Å². The molecular weight excluding hydrogens is 423 g/mol. The minimum atomic E-state index is -0.689. The quantitative estimate of drug-likeness (QED) is 0.461. The summed E-state index contributed by atoms with van der Waals surface area (Å²) in [4.78, 5) is 38.6. The molecule has 160 valence electrons. The molecule has 2 aliphatic rings. The number of hydrogen-bond donors (Lipinski definition) is 0. The molecule has 1 aliphatic heterocycles. The van der Waals surface area contributed by atoms with Gasteiger partial charge in [-0.05, 0) is 35.6 Å². The highest BCUT2D eigenvalue weighted by Crippen LogP contribution is 2.49. The van der Waals surface area contributed by atoms with Crippen molar-refractivity contribution in [3.8, 4) is 0 Å². The van der Waals surface area contributed by atoms with Gasteiger partial charge in [0.15, 0.2) is 5.78 Å². The van der Waals surface area contributed by atoms with Crippen molar-refractivity contribution >= 4 is 34.7 Å². The lowest BCUT2D eigenvalue weighted by molar-refractivity contribution is -0.384. The maximum absolute atomic E-state index is 14.6. The lowest BCUT2D eigenvalue weighted by atomic mass is 9.69. The minimum absolute atomic E-state index is 0.0447. The number of allylic oxidation sites excluding steroid dienone is 2. The Morgan fingerprint density at radius 3 is 2.55 bits per heavy atom. The lowest BCUT2D eigenvalue weighted by Gasteiger charge is -2.42. The van der Waals surface area contributed by atoms with Crippen LogP contribution in [0.15, 0.2) is 53.7 Å². The van der Waals surface area contributed by atoms with Crippen molar-refractivity contribution in [2.45, 2.75) is 39.0 Å². The van der Waals surface area contributed by atoms with Crippen LogP contribution < -0.4 is 4.90 Å². The van der Waals surface area contributed by atoms with Gasteiger partial charge in [0.2, 0.25) is 5.91 Å². The van der Waals surface area contributed by atoms with Crippen LogP contribution >= 0.6 is 11.6 Å². The predicted octanol–water partition coefficient (Wildman–Crippen LogP) is 5.55. The molecule has 6 nitrogen and oxygen atoms in total. The molecule has 1 atom stereocenters. The van der Waals surface area contributed by atoms with E-state index in [1.165, 1.54) is 29.2 Å². The third-order valence-electron chi connectivity index (χ3n) is 5.81. The van der Waals surface area contributed by atoms with Crippen molar-refractivity contribution in [1.82, 2.24) is 0 Å². The monoisotopic (exact) mass is 442 g/mol. The van der Waals surface area contributed by atoms with Crippen molar-refractivity contribution in [2.75, 3.05) is 4.90 Å². The second-order valence-electron chi connectivity index (χ2n) is 8.70. The zero-order chi connectivity index (χ0) is 22.5. The van der Waals surface area contributed by atoms with Crippen LogP contribution in [0.5, 0.6) is 0 Å². The molecule has 0 radical (unpaired) electrons. The Kier molecular flexibility index (Phi) is 5.17. The number of Topliss-reactive ketones (excluding diaryl/α,β-unsaturated/α-hetero) is 1. The van der Waals surface area contributed by atoms with Crippen LogP contribution in [0.3, 0.4) is 0 Å². The Labute approximate surface area is 183 Å². The molecule has 0 spiro atoms. The van der Waals surface area contributed by atoms with Crippen LogP contribution in [0.4, 0.5) is 15.8 Å². The largest absolute Gasteiger partial charge is 0.294 e. The number of rotatable bonds is 3. The smallest absolute Gasteiger partial charge is 0.289 e. The average molecular weight is 443 g/mol. The van der Waals surface area contributed by atoms with Crippen LogP contribution in [-0.4, -0.2) is 16.6 Å². The molecule has 0 bridgehead atoms. The number of anilines is 1. The number of halogens is 2. The highest BCUT2D eigenvalue weighted by Gasteiger charge is 2.45. The average Bonchev–Trinajstić information content (AvgIpc) is 2.67. The van der Waals surface area contributed by atoms with Gasteiger partial charge in [-0.3, -0.25) is 24.6 Å². The van der Waals surface area contributed by atoms with Crippen molar-refractivity contribution in [1.29, 1.82) is 0 Å². The molecule has 0 saturated carbocycles. The van der Waals surface area contributed by atoms with Gasteiger partial charge in [0.05, 0.1) is 10.6 Å². The Morgan fingerprint density at radius 2 is 1.87 bits per heavy atom. The van der Waals surface area contributed by atoms with E-state index >= 15 is 0 Å². The maximum atomic E-state index is 14.6. The van der Waals surface area contributed by atoms with Crippen LogP contribution in [0.2, 0.25) is 5.02 Å². The summed E-state index contributed by atoms with van der Waals surface area (Å²) in [6, 6.07) is 10.3. The van der Waals surface area contributed by atoms with Gasteiger partial charge in [-0.2, -0.15) is 0 Å². The van der Waals surface area contributed by atoms with Gasteiger partial charge in [-0.15, -0.1) is 0 Å². The summed E-state index contributed by atoms with van der Waals surface area (Å²) in [5.74, 6) is -1.65. The predicted molar refractivity (Wildman–Crippen MR) is 114 cm³/mol.